The molecule has 17 heavy (non-hydrogen) atoms. The molecule has 3 heteroatoms. The number of hydrogen-bond donors (Lipinski definition) is 2. The first-order valence-corrected chi connectivity index (χ1v) is 5.71. The molecule has 3 nitrogen and oxygen atoms in total. The third kappa shape index (κ3) is 3.38. The summed E-state index contributed by atoms with van der Waals surface area (Å²) in [4.78, 5) is 11.4. The van der Waals surface area contributed by atoms with Crippen molar-refractivity contribution in [3.63, 3.8) is 0 Å². The quantitative estimate of drug-likeness (QED) is 0.791. The molecule has 0 aliphatic rings. The molecule has 0 saturated heterocycles. The van der Waals surface area contributed by atoms with Crippen LogP contribution in [0.25, 0.3) is 0 Å². The normalized spacial score (nSPS) is 13.5. The summed E-state index contributed by atoms with van der Waals surface area (Å²) in [5.41, 5.74) is 2.04. The summed E-state index contributed by atoms with van der Waals surface area (Å²) in [7, 11) is 0. The zero-order valence-electron chi connectivity index (χ0n) is 10.8. The average Bonchev–Trinajstić information content (AvgIpc) is 2.26. The fourth-order valence-electron chi connectivity index (χ4n) is 1.59. The van der Waals surface area contributed by atoms with Crippen LogP contribution in [0.5, 0.6) is 0 Å². The average molecular weight is 236 g/mol. The van der Waals surface area contributed by atoms with Crippen molar-refractivity contribution >= 4 is 5.78 Å². The monoisotopic (exact) mass is 236 g/mol. The lowest BCUT2D eigenvalue weighted by Gasteiger charge is -2.22. The number of ketones is 1. The van der Waals surface area contributed by atoms with Crippen LogP contribution in [0.3, 0.4) is 0 Å². The number of carbonyl (C=O) groups is 1. The van der Waals surface area contributed by atoms with Crippen LogP contribution in [0, 0.1) is 0 Å². The van der Waals surface area contributed by atoms with Gasteiger partial charge in [-0.25, -0.2) is 0 Å². The van der Waals surface area contributed by atoms with Gasteiger partial charge in [0.1, 0.15) is 6.10 Å². The van der Waals surface area contributed by atoms with Gasteiger partial charge in [-0.1, -0.05) is 26.8 Å². The Labute approximate surface area is 102 Å². The van der Waals surface area contributed by atoms with Crippen molar-refractivity contribution in [3.05, 3.63) is 34.9 Å². The van der Waals surface area contributed by atoms with Crippen LogP contribution in [-0.2, 0) is 5.41 Å². The van der Waals surface area contributed by atoms with E-state index in [2.05, 4.69) is 0 Å². The molecule has 94 valence electrons. The van der Waals surface area contributed by atoms with E-state index in [1.54, 1.807) is 6.07 Å². The molecular formula is C14H20O3. The highest BCUT2D eigenvalue weighted by Crippen LogP contribution is 2.27. The van der Waals surface area contributed by atoms with Crippen molar-refractivity contribution in [1.29, 1.82) is 0 Å². The molecule has 0 amide bonds. The number of carbonyl (C=O) groups excluding carboxylic acids is 1. The summed E-state index contributed by atoms with van der Waals surface area (Å²) < 4.78 is 0. The summed E-state index contributed by atoms with van der Waals surface area (Å²) in [5, 5.41) is 18.6. The molecule has 1 aromatic carbocycles. The first-order valence-electron chi connectivity index (χ1n) is 5.71. The molecule has 0 aliphatic carbocycles. The minimum Gasteiger partial charge on any atom is -0.393 e. The number of aliphatic hydroxyl groups excluding tert-OH is 2. The van der Waals surface area contributed by atoms with Gasteiger partial charge < -0.3 is 10.2 Å². The van der Waals surface area contributed by atoms with Gasteiger partial charge in [0.2, 0.25) is 0 Å². The SMILES string of the molecule is CC(=O)c1cc(C(O)CO)cc(C(C)(C)C)c1. The summed E-state index contributed by atoms with van der Waals surface area (Å²) in [6.45, 7) is 7.28. The number of hydrogen-bond acceptors (Lipinski definition) is 3. The van der Waals surface area contributed by atoms with Gasteiger partial charge in [-0.2, -0.15) is 0 Å². The third-order valence-corrected chi connectivity index (χ3v) is 2.79. The van der Waals surface area contributed by atoms with Gasteiger partial charge in [-0.3, -0.25) is 4.79 Å². The van der Waals surface area contributed by atoms with Gasteiger partial charge in [0.15, 0.2) is 5.78 Å². The molecule has 0 heterocycles. The number of aliphatic hydroxyl groups is 2. The maximum atomic E-state index is 11.4. The highest BCUT2D eigenvalue weighted by molar-refractivity contribution is 5.94. The van der Waals surface area contributed by atoms with Crippen LogP contribution >= 0.6 is 0 Å². The third-order valence-electron chi connectivity index (χ3n) is 2.79. The number of benzene rings is 1. The van der Waals surface area contributed by atoms with E-state index in [0.717, 1.165) is 5.56 Å². The van der Waals surface area contributed by atoms with Gasteiger partial charge in [0, 0.05) is 5.56 Å². The van der Waals surface area contributed by atoms with E-state index in [-0.39, 0.29) is 17.8 Å². The Morgan fingerprint density at radius 3 is 2.29 bits per heavy atom. The lowest BCUT2D eigenvalue weighted by atomic mass is 9.84. The lowest BCUT2D eigenvalue weighted by Crippen LogP contribution is -2.14. The molecule has 0 radical (unpaired) electrons. The van der Waals surface area contributed by atoms with E-state index in [1.165, 1.54) is 6.92 Å². The van der Waals surface area contributed by atoms with E-state index in [0.29, 0.717) is 11.1 Å². The molecule has 1 rings (SSSR count). The maximum absolute atomic E-state index is 11.4. The van der Waals surface area contributed by atoms with E-state index in [4.69, 9.17) is 5.11 Å². The molecule has 1 unspecified atom stereocenters. The van der Waals surface area contributed by atoms with Gasteiger partial charge in [0.05, 0.1) is 6.61 Å². The zero-order valence-corrected chi connectivity index (χ0v) is 10.8. The number of rotatable bonds is 3. The second kappa shape index (κ2) is 4.98. The van der Waals surface area contributed by atoms with Crippen molar-refractivity contribution in [2.24, 2.45) is 0 Å². The molecule has 0 bridgehead atoms. The smallest absolute Gasteiger partial charge is 0.159 e. The van der Waals surface area contributed by atoms with Crippen LogP contribution in [-0.4, -0.2) is 22.6 Å². The molecule has 0 saturated carbocycles. The Morgan fingerprint density at radius 1 is 1.29 bits per heavy atom. The summed E-state index contributed by atoms with van der Waals surface area (Å²) >= 11 is 0. The van der Waals surface area contributed by atoms with Crippen molar-refractivity contribution in [3.8, 4) is 0 Å². The Bertz CT molecular complexity index is 416. The molecule has 1 aromatic rings. The van der Waals surface area contributed by atoms with Crippen molar-refractivity contribution in [1.82, 2.24) is 0 Å². The molecule has 0 fully saturated rings. The second-order valence-electron chi connectivity index (χ2n) is 5.35. The predicted molar refractivity (Wildman–Crippen MR) is 67.2 cm³/mol. The van der Waals surface area contributed by atoms with Crippen LogP contribution in [0.4, 0.5) is 0 Å². The number of Topliss-reactive ketones (excluding diaryl/α,β-unsaturated/α-hetero) is 1. The Hall–Kier alpha value is -1.19. The highest BCUT2D eigenvalue weighted by atomic mass is 16.3. The van der Waals surface area contributed by atoms with Crippen LogP contribution < -0.4 is 0 Å². The molecule has 0 aliphatic heterocycles. The Kier molecular flexibility index (Phi) is 4.07. The zero-order chi connectivity index (χ0) is 13.2. The van der Waals surface area contributed by atoms with Gasteiger partial charge in [0.25, 0.3) is 0 Å². The minimum absolute atomic E-state index is 0.0394. The van der Waals surface area contributed by atoms with Crippen molar-refractivity contribution in [2.75, 3.05) is 6.61 Å². The summed E-state index contributed by atoms with van der Waals surface area (Å²) in [5.74, 6) is -0.0394. The molecular weight excluding hydrogens is 216 g/mol. The first-order chi connectivity index (χ1) is 7.75. The summed E-state index contributed by atoms with van der Waals surface area (Å²) in [6, 6.07) is 5.32. The minimum atomic E-state index is -0.935. The van der Waals surface area contributed by atoms with Crippen LogP contribution in [0.2, 0.25) is 0 Å². The maximum Gasteiger partial charge on any atom is 0.159 e. The summed E-state index contributed by atoms with van der Waals surface area (Å²) in [6.07, 6.45) is -0.935. The van der Waals surface area contributed by atoms with Gasteiger partial charge in [-0.05, 0) is 35.6 Å². The largest absolute Gasteiger partial charge is 0.393 e. The lowest BCUT2D eigenvalue weighted by molar-refractivity contribution is 0.0950. The molecule has 0 spiro atoms. The van der Waals surface area contributed by atoms with E-state index >= 15 is 0 Å². The van der Waals surface area contributed by atoms with Crippen molar-refractivity contribution < 1.29 is 15.0 Å². The van der Waals surface area contributed by atoms with Crippen molar-refractivity contribution in [2.45, 2.75) is 39.2 Å². The standard InChI is InChI=1S/C14H20O3/c1-9(16)10-5-11(13(17)8-15)7-12(6-10)14(2,3)4/h5-7,13,15,17H,8H2,1-4H3. The van der Waals surface area contributed by atoms with Crippen LogP contribution in [0.15, 0.2) is 18.2 Å². The molecule has 0 aromatic heterocycles. The Morgan fingerprint density at radius 2 is 1.88 bits per heavy atom. The Balaban J connectivity index is 3.34. The van der Waals surface area contributed by atoms with Crippen LogP contribution in [0.1, 0.15) is 55.3 Å². The molecule has 1 atom stereocenters. The topological polar surface area (TPSA) is 57.5 Å². The fourth-order valence-corrected chi connectivity index (χ4v) is 1.59. The predicted octanol–water partition coefficient (Wildman–Crippen LogP) is 2.21. The molecule has 2 N–H and O–H groups in total. The second-order valence-corrected chi connectivity index (χ2v) is 5.35. The van der Waals surface area contributed by atoms with E-state index in [9.17, 15) is 9.90 Å². The fraction of sp³-hybridized carbons (Fsp3) is 0.500. The van der Waals surface area contributed by atoms with Gasteiger partial charge in [-0.15, -0.1) is 0 Å². The van der Waals surface area contributed by atoms with Gasteiger partial charge >= 0.3 is 0 Å². The van der Waals surface area contributed by atoms with E-state index < -0.39 is 6.10 Å². The highest BCUT2D eigenvalue weighted by Gasteiger charge is 2.18. The van der Waals surface area contributed by atoms with E-state index in [1.807, 2.05) is 32.9 Å². The first kappa shape index (κ1) is 13.9.